The average molecular weight is 278 g/mol. The van der Waals surface area contributed by atoms with Crippen molar-refractivity contribution in [3.63, 3.8) is 0 Å². The van der Waals surface area contributed by atoms with Crippen LogP contribution in [0.25, 0.3) is 16.9 Å². The average Bonchev–Trinajstić information content (AvgIpc) is 2.87. The molecule has 21 heavy (non-hydrogen) atoms. The van der Waals surface area contributed by atoms with Gasteiger partial charge in [-0.1, -0.05) is 44.2 Å². The summed E-state index contributed by atoms with van der Waals surface area (Å²) in [7, 11) is 0. The second-order valence-electron chi connectivity index (χ2n) is 5.60. The third kappa shape index (κ3) is 2.25. The largest absolute Gasteiger partial charge is 0.296 e. The number of nitrogens with zero attached hydrogens (tertiary/aromatic N) is 2. The molecule has 0 saturated heterocycles. The number of aryl methyl sites for hydroxylation is 1. The van der Waals surface area contributed by atoms with Gasteiger partial charge in [-0.3, -0.25) is 9.20 Å². The molecular weight excluding hydrogens is 260 g/mol. The van der Waals surface area contributed by atoms with Gasteiger partial charge in [-0.15, -0.1) is 0 Å². The van der Waals surface area contributed by atoms with E-state index in [1.807, 2.05) is 41.7 Å². The summed E-state index contributed by atoms with van der Waals surface area (Å²) in [4.78, 5) is 16.2. The van der Waals surface area contributed by atoms with Crippen molar-refractivity contribution < 1.29 is 4.79 Å². The summed E-state index contributed by atoms with van der Waals surface area (Å²) >= 11 is 0. The van der Waals surface area contributed by atoms with Gasteiger partial charge in [0.15, 0.2) is 6.29 Å². The third-order valence-corrected chi connectivity index (χ3v) is 3.84. The number of fused-ring (bicyclic) bond motifs is 1. The highest BCUT2D eigenvalue weighted by Gasteiger charge is 2.14. The molecule has 0 radical (unpaired) electrons. The van der Waals surface area contributed by atoms with Crippen LogP contribution in [0.15, 0.2) is 42.5 Å². The first-order valence-corrected chi connectivity index (χ1v) is 7.15. The van der Waals surface area contributed by atoms with Gasteiger partial charge in [0.2, 0.25) is 0 Å². The van der Waals surface area contributed by atoms with E-state index in [-0.39, 0.29) is 0 Å². The number of hydrogen-bond donors (Lipinski definition) is 0. The number of hydrogen-bond acceptors (Lipinski definition) is 2. The second kappa shape index (κ2) is 5.17. The smallest absolute Gasteiger partial charge is 0.169 e. The Morgan fingerprint density at radius 3 is 2.43 bits per heavy atom. The lowest BCUT2D eigenvalue weighted by Crippen LogP contribution is -1.96. The van der Waals surface area contributed by atoms with Gasteiger partial charge in [0.1, 0.15) is 17.0 Å². The summed E-state index contributed by atoms with van der Waals surface area (Å²) in [6.45, 7) is 6.31. The minimum atomic E-state index is 0.493. The number of aromatic nitrogens is 2. The Morgan fingerprint density at radius 1 is 1.10 bits per heavy atom. The van der Waals surface area contributed by atoms with Gasteiger partial charge in [0.25, 0.3) is 0 Å². The predicted octanol–water partition coefficient (Wildman–Crippen LogP) is 4.25. The van der Waals surface area contributed by atoms with Gasteiger partial charge in [-0.05, 0) is 30.5 Å². The van der Waals surface area contributed by atoms with Crippen LogP contribution in [-0.4, -0.2) is 15.7 Å². The maximum Gasteiger partial charge on any atom is 0.169 e. The highest BCUT2D eigenvalue weighted by molar-refractivity contribution is 5.86. The molecule has 0 spiro atoms. The van der Waals surface area contributed by atoms with E-state index < -0.39 is 0 Å². The van der Waals surface area contributed by atoms with Gasteiger partial charge in [-0.2, -0.15) is 0 Å². The molecule has 0 aliphatic carbocycles. The van der Waals surface area contributed by atoms with Crippen LogP contribution in [0.1, 0.15) is 41.5 Å². The highest BCUT2D eigenvalue weighted by atomic mass is 16.1. The lowest BCUT2D eigenvalue weighted by Gasteiger charge is -2.06. The Balaban J connectivity index is 2.20. The van der Waals surface area contributed by atoms with Crippen molar-refractivity contribution in [2.24, 2.45) is 0 Å². The SMILES string of the molecule is Cc1cccc2nc(-c3ccc(C(C)C)cc3)c(C=O)n12. The van der Waals surface area contributed by atoms with E-state index in [4.69, 9.17) is 0 Å². The molecule has 0 fully saturated rings. The Labute approximate surface area is 124 Å². The molecule has 0 N–H and O–H groups in total. The Bertz CT molecular complexity index is 798. The maximum absolute atomic E-state index is 11.5. The molecule has 0 bridgehead atoms. The molecule has 3 heteroatoms. The van der Waals surface area contributed by atoms with Gasteiger partial charge >= 0.3 is 0 Å². The number of aldehydes is 1. The number of benzene rings is 1. The van der Waals surface area contributed by atoms with Crippen LogP contribution in [-0.2, 0) is 0 Å². The van der Waals surface area contributed by atoms with E-state index in [0.717, 1.165) is 28.9 Å². The van der Waals surface area contributed by atoms with Crippen molar-refractivity contribution in [1.29, 1.82) is 0 Å². The van der Waals surface area contributed by atoms with E-state index in [9.17, 15) is 4.79 Å². The van der Waals surface area contributed by atoms with Crippen molar-refractivity contribution in [2.75, 3.05) is 0 Å². The number of imidazole rings is 1. The number of rotatable bonds is 3. The molecule has 0 aliphatic heterocycles. The van der Waals surface area contributed by atoms with Gasteiger partial charge in [0.05, 0.1) is 0 Å². The molecule has 3 nitrogen and oxygen atoms in total. The lowest BCUT2D eigenvalue weighted by molar-refractivity contribution is 0.111. The van der Waals surface area contributed by atoms with Gasteiger partial charge < -0.3 is 0 Å². The summed E-state index contributed by atoms with van der Waals surface area (Å²) in [6.07, 6.45) is 0.888. The van der Waals surface area contributed by atoms with E-state index in [2.05, 4.69) is 31.0 Å². The molecule has 2 heterocycles. The second-order valence-corrected chi connectivity index (χ2v) is 5.60. The van der Waals surface area contributed by atoms with E-state index in [1.165, 1.54) is 5.56 Å². The molecule has 106 valence electrons. The topological polar surface area (TPSA) is 34.4 Å². The van der Waals surface area contributed by atoms with Crippen LogP contribution in [0.2, 0.25) is 0 Å². The maximum atomic E-state index is 11.5. The zero-order valence-corrected chi connectivity index (χ0v) is 12.5. The fraction of sp³-hybridized carbons (Fsp3) is 0.222. The molecule has 1 aromatic carbocycles. The molecule has 0 saturated carbocycles. The van der Waals surface area contributed by atoms with E-state index in [0.29, 0.717) is 11.6 Å². The highest BCUT2D eigenvalue weighted by Crippen LogP contribution is 2.26. The molecule has 0 aliphatic rings. The fourth-order valence-electron chi connectivity index (χ4n) is 2.63. The Hall–Kier alpha value is -2.42. The van der Waals surface area contributed by atoms with Crippen LogP contribution in [0, 0.1) is 6.92 Å². The minimum absolute atomic E-state index is 0.493. The molecular formula is C18H18N2O. The van der Waals surface area contributed by atoms with Crippen molar-refractivity contribution in [3.05, 3.63) is 59.4 Å². The standard InChI is InChI=1S/C18H18N2O/c1-12(2)14-7-9-15(10-8-14)18-16(11-21)20-13(3)5-4-6-17(20)19-18/h4-12H,1-3H3. The van der Waals surface area contributed by atoms with Crippen molar-refractivity contribution in [1.82, 2.24) is 9.38 Å². The zero-order chi connectivity index (χ0) is 15.0. The normalized spacial score (nSPS) is 11.2. The van der Waals surface area contributed by atoms with Crippen LogP contribution in [0.3, 0.4) is 0 Å². The molecule has 0 atom stereocenters. The van der Waals surface area contributed by atoms with Crippen molar-refractivity contribution in [2.45, 2.75) is 26.7 Å². The first-order valence-electron chi connectivity index (χ1n) is 7.15. The Kier molecular flexibility index (Phi) is 3.34. The van der Waals surface area contributed by atoms with Crippen LogP contribution < -0.4 is 0 Å². The summed E-state index contributed by atoms with van der Waals surface area (Å²) in [5.74, 6) is 0.493. The number of pyridine rings is 1. The summed E-state index contributed by atoms with van der Waals surface area (Å²) < 4.78 is 1.90. The lowest BCUT2D eigenvalue weighted by atomic mass is 10.0. The Morgan fingerprint density at radius 2 is 1.81 bits per heavy atom. The third-order valence-electron chi connectivity index (χ3n) is 3.84. The van der Waals surface area contributed by atoms with Gasteiger partial charge in [-0.25, -0.2) is 4.98 Å². The van der Waals surface area contributed by atoms with Gasteiger partial charge in [0, 0.05) is 11.3 Å². The monoisotopic (exact) mass is 278 g/mol. The first-order chi connectivity index (χ1) is 10.1. The predicted molar refractivity (Wildman–Crippen MR) is 84.8 cm³/mol. The van der Waals surface area contributed by atoms with Crippen LogP contribution in [0.4, 0.5) is 0 Å². The molecule has 0 amide bonds. The van der Waals surface area contributed by atoms with E-state index in [1.54, 1.807) is 0 Å². The van der Waals surface area contributed by atoms with E-state index >= 15 is 0 Å². The number of carbonyl (C=O) groups is 1. The van der Waals surface area contributed by atoms with Crippen LogP contribution in [0.5, 0.6) is 0 Å². The minimum Gasteiger partial charge on any atom is -0.296 e. The molecule has 3 aromatic rings. The summed E-state index contributed by atoms with van der Waals surface area (Å²) in [6, 6.07) is 14.1. The van der Waals surface area contributed by atoms with Crippen molar-refractivity contribution in [3.8, 4) is 11.3 Å². The number of carbonyl (C=O) groups excluding carboxylic acids is 1. The summed E-state index contributed by atoms with van der Waals surface area (Å²) in [5, 5.41) is 0. The first kappa shape index (κ1) is 13.6. The fourth-order valence-corrected chi connectivity index (χ4v) is 2.63. The quantitative estimate of drug-likeness (QED) is 0.671. The zero-order valence-electron chi connectivity index (χ0n) is 12.5. The van der Waals surface area contributed by atoms with Crippen LogP contribution >= 0.6 is 0 Å². The summed E-state index contributed by atoms with van der Waals surface area (Å²) in [5.41, 5.74) is 5.43. The molecule has 2 aromatic heterocycles. The van der Waals surface area contributed by atoms with Crippen molar-refractivity contribution >= 4 is 11.9 Å². The molecule has 3 rings (SSSR count). The molecule has 0 unspecified atom stereocenters.